The molecule has 0 aliphatic rings. The molecule has 0 atom stereocenters. The number of hydrogen-bond donors (Lipinski definition) is 3. The number of benzene rings is 1. The summed E-state index contributed by atoms with van der Waals surface area (Å²) in [6, 6.07) is 7.15. The summed E-state index contributed by atoms with van der Waals surface area (Å²) in [7, 11) is 0. The van der Waals surface area contributed by atoms with Crippen molar-refractivity contribution in [1.82, 2.24) is 9.97 Å². The molecule has 0 saturated heterocycles. The first-order valence-electron chi connectivity index (χ1n) is 6.23. The van der Waals surface area contributed by atoms with Gasteiger partial charge in [0.05, 0.1) is 20.9 Å². The second kappa shape index (κ2) is 5.02. The maximum atomic E-state index is 11.8. The van der Waals surface area contributed by atoms with Gasteiger partial charge in [0.1, 0.15) is 11.4 Å². The number of rotatable bonds is 2. The van der Waals surface area contributed by atoms with E-state index in [9.17, 15) is 4.79 Å². The van der Waals surface area contributed by atoms with Crippen LogP contribution in [-0.4, -0.2) is 15.8 Å². The minimum atomic E-state index is -0.356. The van der Waals surface area contributed by atoms with Crippen LogP contribution in [0.2, 0.25) is 0 Å². The van der Waals surface area contributed by atoms with Crippen molar-refractivity contribution in [2.75, 3.05) is 5.73 Å². The molecule has 5 N–H and O–H groups in total. The molecule has 0 spiro atoms. The number of nitrogens with one attached hydrogen (secondary N) is 1. The monoisotopic (exact) mass is 299 g/mol. The molecule has 3 rings (SSSR count). The van der Waals surface area contributed by atoms with E-state index >= 15 is 0 Å². The van der Waals surface area contributed by atoms with E-state index in [0.29, 0.717) is 11.4 Å². The van der Waals surface area contributed by atoms with Gasteiger partial charge in [-0.2, -0.15) is 0 Å². The fraction of sp³-hybridized carbons (Fsp3) is 0.0714. The molecule has 0 bridgehead atoms. The Morgan fingerprint density at radius 3 is 2.95 bits per heavy atom. The predicted octanol–water partition coefficient (Wildman–Crippen LogP) is 1.91. The van der Waals surface area contributed by atoms with Crippen molar-refractivity contribution in [2.24, 2.45) is 10.7 Å². The average Bonchev–Trinajstić information content (AvgIpc) is 2.77. The first-order chi connectivity index (χ1) is 10.0. The van der Waals surface area contributed by atoms with Crippen LogP contribution in [0.4, 0.5) is 11.4 Å². The Balaban J connectivity index is 2.08. The molecule has 6 nitrogen and oxygen atoms in total. The van der Waals surface area contributed by atoms with Gasteiger partial charge < -0.3 is 16.5 Å². The molecular weight excluding hydrogens is 286 g/mol. The molecule has 7 heteroatoms. The van der Waals surface area contributed by atoms with Crippen LogP contribution in [0.5, 0.6) is 0 Å². The summed E-state index contributed by atoms with van der Waals surface area (Å²) >= 11 is 1.58. The summed E-state index contributed by atoms with van der Waals surface area (Å²) in [6.07, 6.45) is 1.47. The summed E-state index contributed by atoms with van der Waals surface area (Å²) in [5.74, 6) is 0.0925. The summed E-state index contributed by atoms with van der Waals surface area (Å²) < 4.78 is 1.02. The topological polar surface area (TPSA) is 110 Å². The highest BCUT2D eigenvalue weighted by Gasteiger charge is 2.09. The van der Waals surface area contributed by atoms with Crippen molar-refractivity contribution < 1.29 is 0 Å². The minimum absolute atomic E-state index is 0.0925. The molecule has 0 fully saturated rings. The number of nitrogens with two attached hydrogens (primary N) is 2. The molecule has 106 valence electrons. The number of aliphatic imine (C=N–C) groups is 1. The van der Waals surface area contributed by atoms with Crippen LogP contribution in [0.25, 0.3) is 10.2 Å². The Morgan fingerprint density at radius 2 is 2.19 bits per heavy atom. The highest BCUT2D eigenvalue weighted by molar-refractivity contribution is 7.18. The van der Waals surface area contributed by atoms with Crippen LogP contribution in [0.3, 0.4) is 0 Å². The highest BCUT2D eigenvalue weighted by Crippen LogP contribution is 2.26. The van der Waals surface area contributed by atoms with Crippen LogP contribution in [0.15, 0.2) is 40.2 Å². The third kappa shape index (κ3) is 2.50. The van der Waals surface area contributed by atoms with Gasteiger partial charge >= 0.3 is 0 Å². The third-order valence-electron chi connectivity index (χ3n) is 2.98. The SMILES string of the molecule is Cc1nc2ccc(N=C(N)c3c(N)cc[nH]c3=O)cc2s1. The number of H-pyrrole nitrogens is 1. The Bertz CT molecular complexity index is 909. The highest BCUT2D eigenvalue weighted by atomic mass is 32.1. The molecule has 0 aliphatic carbocycles. The van der Waals surface area contributed by atoms with Gasteiger partial charge in [-0.15, -0.1) is 11.3 Å². The quantitative estimate of drug-likeness (QED) is 0.496. The van der Waals surface area contributed by atoms with Gasteiger partial charge in [0, 0.05) is 11.9 Å². The van der Waals surface area contributed by atoms with Gasteiger partial charge in [0.2, 0.25) is 0 Å². The first kappa shape index (κ1) is 13.3. The van der Waals surface area contributed by atoms with Crippen molar-refractivity contribution in [2.45, 2.75) is 6.92 Å². The van der Waals surface area contributed by atoms with Crippen molar-refractivity contribution in [3.05, 3.63) is 51.4 Å². The molecule has 1 aromatic carbocycles. The molecule has 0 amide bonds. The second-order valence-electron chi connectivity index (χ2n) is 4.52. The number of hydrogen-bond acceptors (Lipinski definition) is 5. The number of anilines is 1. The number of pyridine rings is 1. The molecule has 2 aromatic heterocycles. The number of nitrogens with zero attached hydrogens (tertiary/aromatic N) is 2. The number of aromatic nitrogens is 2. The van der Waals surface area contributed by atoms with Gasteiger partial charge in [-0.1, -0.05) is 0 Å². The van der Waals surface area contributed by atoms with E-state index in [2.05, 4.69) is 15.0 Å². The second-order valence-corrected chi connectivity index (χ2v) is 5.75. The van der Waals surface area contributed by atoms with E-state index in [1.54, 1.807) is 17.4 Å². The van der Waals surface area contributed by atoms with Gasteiger partial charge in [-0.05, 0) is 31.2 Å². The van der Waals surface area contributed by atoms with Crippen LogP contribution >= 0.6 is 11.3 Å². The zero-order valence-electron chi connectivity index (χ0n) is 11.3. The molecule has 2 heterocycles. The minimum Gasteiger partial charge on any atom is -0.398 e. The van der Waals surface area contributed by atoms with Crippen LogP contribution in [0.1, 0.15) is 10.6 Å². The smallest absolute Gasteiger partial charge is 0.261 e. The van der Waals surface area contributed by atoms with Crippen molar-refractivity contribution in [3.63, 3.8) is 0 Å². The van der Waals surface area contributed by atoms with Gasteiger partial charge in [0.25, 0.3) is 5.56 Å². The number of amidine groups is 1. The van der Waals surface area contributed by atoms with Gasteiger partial charge in [-0.3, -0.25) is 4.79 Å². The van der Waals surface area contributed by atoms with E-state index in [-0.39, 0.29) is 17.0 Å². The third-order valence-corrected chi connectivity index (χ3v) is 3.91. The fourth-order valence-corrected chi connectivity index (χ4v) is 2.91. The number of nitrogen functional groups attached to an aromatic ring is 1. The number of aryl methyl sites for hydroxylation is 1. The Kier molecular flexibility index (Phi) is 3.19. The van der Waals surface area contributed by atoms with E-state index < -0.39 is 0 Å². The van der Waals surface area contributed by atoms with Crippen molar-refractivity contribution >= 4 is 38.8 Å². The summed E-state index contributed by atoms with van der Waals surface area (Å²) in [5, 5.41) is 0.989. The summed E-state index contributed by atoms with van der Waals surface area (Å²) in [5.41, 5.74) is 13.4. The number of aromatic amines is 1. The van der Waals surface area contributed by atoms with Crippen LogP contribution in [0, 0.1) is 6.92 Å². The van der Waals surface area contributed by atoms with E-state index in [0.717, 1.165) is 15.2 Å². The van der Waals surface area contributed by atoms with Crippen LogP contribution < -0.4 is 17.0 Å². The lowest BCUT2D eigenvalue weighted by molar-refractivity contribution is 1.22. The lowest BCUT2D eigenvalue weighted by Crippen LogP contribution is -2.25. The largest absolute Gasteiger partial charge is 0.398 e. The van der Waals surface area contributed by atoms with E-state index in [1.807, 2.05) is 25.1 Å². The lowest BCUT2D eigenvalue weighted by atomic mass is 10.2. The Hall–Kier alpha value is -2.67. The Morgan fingerprint density at radius 1 is 1.38 bits per heavy atom. The standard InChI is InChI=1S/C14H13N5OS/c1-7-18-10-3-2-8(6-11(10)21-7)19-13(16)12-9(15)4-5-17-14(12)20/h2-6H,1H3,(H2,16,19)(H3,15,17,20). The average molecular weight is 299 g/mol. The van der Waals surface area contributed by atoms with Gasteiger partial charge in [-0.25, -0.2) is 9.98 Å². The fourth-order valence-electron chi connectivity index (χ4n) is 2.05. The molecule has 0 saturated carbocycles. The van der Waals surface area contributed by atoms with E-state index in [1.165, 1.54) is 6.20 Å². The summed E-state index contributed by atoms with van der Waals surface area (Å²) in [6.45, 7) is 1.95. The molecule has 3 aromatic rings. The first-order valence-corrected chi connectivity index (χ1v) is 7.05. The van der Waals surface area contributed by atoms with Crippen molar-refractivity contribution in [1.29, 1.82) is 0 Å². The Labute approximate surface area is 124 Å². The molecule has 21 heavy (non-hydrogen) atoms. The maximum Gasteiger partial charge on any atom is 0.261 e. The van der Waals surface area contributed by atoms with Gasteiger partial charge in [0.15, 0.2) is 0 Å². The number of fused-ring (bicyclic) bond motifs is 1. The normalized spacial score (nSPS) is 12.0. The number of thiazole rings is 1. The molecular formula is C14H13N5OS. The molecule has 0 unspecified atom stereocenters. The maximum absolute atomic E-state index is 11.8. The van der Waals surface area contributed by atoms with E-state index in [4.69, 9.17) is 11.5 Å². The zero-order chi connectivity index (χ0) is 15.0. The molecule has 0 aliphatic heterocycles. The van der Waals surface area contributed by atoms with Crippen molar-refractivity contribution in [3.8, 4) is 0 Å². The molecule has 0 radical (unpaired) electrons. The lowest BCUT2D eigenvalue weighted by Gasteiger charge is -2.03. The predicted molar refractivity (Wildman–Crippen MR) is 86.2 cm³/mol. The summed E-state index contributed by atoms with van der Waals surface area (Å²) in [4.78, 5) is 23.0. The van der Waals surface area contributed by atoms with Crippen LogP contribution in [-0.2, 0) is 0 Å². The zero-order valence-corrected chi connectivity index (χ0v) is 12.1.